The third kappa shape index (κ3) is 2.38. The van der Waals surface area contributed by atoms with E-state index in [2.05, 4.69) is 49.1 Å². The SMILES string of the molecule is [B]c1cccc2c1SC(=C)/C=C1\C3=C(CCCC3c3ccccc31)C2. The highest BCUT2D eigenvalue weighted by Crippen LogP contribution is 2.54. The van der Waals surface area contributed by atoms with Crippen LogP contribution in [0.25, 0.3) is 5.57 Å². The van der Waals surface area contributed by atoms with E-state index >= 15 is 0 Å². The second-order valence-electron chi connectivity index (χ2n) is 7.19. The molecule has 1 atom stereocenters. The molecule has 2 aromatic carbocycles. The minimum Gasteiger partial charge on any atom is -0.0910 e. The van der Waals surface area contributed by atoms with Gasteiger partial charge in [0.25, 0.3) is 0 Å². The Morgan fingerprint density at radius 3 is 2.88 bits per heavy atom. The largest absolute Gasteiger partial charge is 0.115 e. The fourth-order valence-corrected chi connectivity index (χ4v) is 5.58. The van der Waals surface area contributed by atoms with E-state index in [-0.39, 0.29) is 0 Å². The highest BCUT2D eigenvalue weighted by Gasteiger charge is 2.35. The molecule has 0 N–H and O–H groups in total. The van der Waals surface area contributed by atoms with Crippen LogP contribution in [-0.2, 0) is 6.42 Å². The van der Waals surface area contributed by atoms with Gasteiger partial charge in [-0.05, 0) is 59.6 Å². The highest BCUT2D eigenvalue weighted by atomic mass is 32.2. The lowest BCUT2D eigenvalue weighted by Crippen LogP contribution is -2.12. The average Bonchev–Trinajstić information content (AvgIpc) is 2.95. The molecule has 0 bridgehead atoms. The maximum absolute atomic E-state index is 6.30. The predicted molar refractivity (Wildman–Crippen MR) is 109 cm³/mol. The van der Waals surface area contributed by atoms with E-state index in [1.807, 2.05) is 6.07 Å². The van der Waals surface area contributed by atoms with Gasteiger partial charge in [-0.15, -0.1) is 0 Å². The molecule has 0 spiro atoms. The Morgan fingerprint density at radius 1 is 1.08 bits per heavy atom. The molecule has 25 heavy (non-hydrogen) atoms. The smallest absolute Gasteiger partial charge is 0.0910 e. The van der Waals surface area contributed by atoms with E-state index in [4.69, 9.17) is 7.85 Å². The number of benzene rings is 2. The zero-order valence-electron chi connectivity index (χ0n) is 14.2. The van der Waals surface area contributed by atoms with Crippen LogP contribution in [0.15, 0.2) is 76.1 Å². The Bertz CT molecular complexity index is 964. The summed E-state index contributed by atoms with van der Waals surface area (Å²) < 4.78 is 0. The lowest BCUT2D eigenvalue weighted by atomic mass is 9.79. The molecule has 0 saturated carbocycles. The molecule has 1 heterocycles. The Kier molecular flexibility index (Phi) is 3.57. The van der Waals surface area contributed by atoms with E-state index in [9.17, 15) is 0 Å². The van der Waals surface area contributed by atoms with Crippen molar-refractivity contribution >= 4 is 30.6 Å². The summed E-state index contributed by atoms with van der Waals surface area (Å²) in [6, 6.07) is 15.3. The number of rotatable bonds is 0. The summed E-state index contributed by atoms with van der Waals surface area (Å²) in [5, 5.41) is 0. The van der Waals surface area contributed by atoms with Crippen molar-refractivity contribution in [3.05, 3.63) is 87.9 Å². The van der Waals surface area contributed by atoms with E-state index in [1.165, 1.54) is 46.4 Å². The van der Waals surface area contributed by atoms with Crippen molar-refractivity contribution in [3.63, 3.8) is 0 Å². The minimum absolute atomic E-state index is 0.562. The lowest BCUT2D eigenvalue weighted by molar-refractivity contribution is 0.615. The number of hydrogen-bond acceptors (Lipinski definition) is 1. The zero-order valence-corrected chi connectivity index (χ0v) is 15.0. The first-order valence-electron chi connectivity index (χ1n) is 9.00. The van der Waals surface area contributed by atoms with Crippen molar-refractivity contribution in [2.24, 2.45) is 0 Å². The van der Waals surface area contributed by atoms with Gasteiger partial charge in [-0.3, -0.25) is 0 Å². The van der Waals surface area contributed by atoms with Gasteiger partial charge in [0.1, 0.15) is 7.85 Å². The van der Waals surface area contributed by atoms with E-state index in [0.717, 1.165) is 16.8 Å². The monoisotopic (exact) mass is 338 g/mol. The molecule has 0 fully saturated rings. The maximum Gasteiger partial charge on any atom is 0.115 e. The average molecular weight is 338 g/mol. The molecule has 2 radical (unpaired) electrons. The zero-order chi connectivity index (χ0) is 17.0. The molecule has 3 aliphatic rings. The standard InChI is InChI=1S/C23H19BS/c1-14-12-20-18-9-3-2-8-17(18)19-10-4-6-15(22(19)20)13-16-7-5-11-21(24)23(16)25-14/h2-3,5,7-9,11-12,19H,1,4,6,10,13H2/b20-12-. The summed E-state index contributed by atoms with van der Waals surface area (Å²) in [6.45, 7) is 4.33. The first kappa shape index (κ1) is 15.3. The van der Waals surface area contributed by atoms with Crippen LogP contribution in [0.3, 0.4) is 0 Å². The van der Waals surface area contributed by atoms with Gasteiger partial charge in [0.05, 0.1) is 0 Å². The first-order valence-corrected chi connectivity index (χ1v) is 9.81. The molecular formula is C23H19BS. The molecular weight excluding hydrogens is 319 g/mol. The number of fused-ring (bicyclic) bond motifs is 4. The van der Waals surface area contributed by atoms with E-state index < -0.39 is 0 Å². The van der Waals surface area contributed by atoms with Crippen LogP contribution in [-0.4, -0.2) is 7.85 Å². The molecule has 0 saturated heterocycles. The van der Waals surface area contributed by atoms with Gasteiger partial charge in [-0.2, -0.15) is 0 Å². The van der Waals surface area contributed by atoms with Crippen LogP contribution in [0.5, 0.6) is 0 Å². The molecule has 1 unspecified atom stereocenters. The van der Waals surface area contributed by atoms with E-state index in [0.29, 0.717) is 5.92 Å². The molecule has 0 amide bonds. The van der Waals surface area contributed by atoms with Crippen LogP contribution >= 0.6 is 11.8 Å². The van der Waals surface area contributed by atoms with Gasteiger partial charge >= 0.3 is 0 Å². The molecule has 0 nitrogen and oxygen atoms in total. The first-order chi connectivity index (χ1) is 12.2. The predicted octanol–water partition coefficient (Wildman–Crippen LogP) is 5.30. The van der Waals surface area contributed by atoms with Gasteiger partial charge in [0, 0.05) is 15.7 Å². The number of thioether (sulfide) groups is 1. The maximum atomic E-state index is 6.30. The molecule has 1 aliphatic heterocycles. The van der Waals surface area contributed by atoms with Crippen molar-refractivity contribution in [3.8, 4) is 0 Å². The molecule has 2 aromatic rings. The van der Waals surface area contributed by atoms with Crippen LogP contribution in [0.2, 0.25) is 0 Å². The molecule has 0 aromatic heterocycles. The Labute approximate surface area is 155 Å². The van der Waals surface area contributed by atoms with Gasteiger partial charge in [0.15, 0.2) is 0 Å². The third-order valence-electron chi connectivity index (χ3n) is 5.69. The summed E-state index contributed by atoms with van der Waals surface area (Å²) in [6.07, 6.45) is 7.04. The van der Waals surface area contributed by atoms with Gasteiger partial charge in [0.2, 0.25) is 0 Å². The van der Waals surface area contributed by atoms with Crippen molar-refractivity contribution in [1.29, 1.82) is 0 Å². The van der Waals surface area contributed by atoms with Crippen molar-refractivity contribution in [2.45, 2.75) is 36.5 Å². The Balaban J connectivity index is 1.77. The number of hydrogen-bond donors (Lipinski definition) is 0. The Morgan fingerprint density at radius 2 is 1.96 bits per heavy atom. The number of allylic oxidation sites excluding steroid dienone is 4. The van der Waals surface area contributed by atoms with Crippen molar-refractivity contribution in [1.82, 2.24) is 0 Å². The normalized spacial score (nSPS) is 23.6. The Hall–Kier alpha value is -1.93. The fourth-order valence-electron chi connectivity index (χ4n) is 4.68. The molecule has 120 valence electrons. The molecule has 5 rings (SSSR count). The summed E-state index contributed by atoms with van der Waals surface area (Å²) in [5.41, 5.74) is 9.70. The van der Waals surface area contributed by atoms with Crippen LogP contribution in [0.1, 0.15) is 41.9 Å². The third-order valence-corrected chi connectivity index (χ3v) is 6.77. The lowest BCUT2D eigenvalue weighted by Gasteiger charge is -2.25. The fraction of sp³-hybridized carbons (Fsp3) is 0.217. The van der Waals surface area contributed by atoms with Crippen LogP contribution < -0.4 is 5.46 Å². The van der Waals surface area contributed by atoms with Gasteiger partial charge < -0.3 is 0 Å². The van der Waals surface area contributed by atoms with Gasteiger partial charge in [-0.1, -0.05) is 71.8 Å². The summed E-state index contributed by atoms with van der Waals surface area (Å²) in [5.74, 6) is 0.562. The molecule has 2 aliphatic carbocycles. The molecule has 2 heteroatoms. The summed E-state index contributed by atoms with van der Waals surface area (Å²) in [7, 11) is 6.30. The van der Waals surface area contributed by atoms with Crippen LogP contribution in [0.4, 0.5) is 0 Å². The minimum atomic E-state index is 0.562. The van der Waals surface area contributed by atoms with Crippen LogP contribution in [0, 0.1) is 0 Å². The second kappa shape index (κ2) is 5.81. The van der Waals surface area contributed by atoms with Crippen molar-refractivity contribution in [2.75, 3.05) is 0 Å². The van der Waals surface area contributed by atoms with Crippen molar-refractivity contribution < 1.29 is 0 Å². The second-order valence-corrected chi connectivity index (χ2v) is 8.32. The van der Waals surface area contributed by atoms with E-state index in [1.54, 1.807) is 22.9 Å². The summed E-state index contributed by atoms with van der Waals surface area (Å²) >= 11 is 1.72. The van der Waals surface area contributed by atoms with Gasteiger partial charge in [-0.25, -0.2) is 0 Å². The quantitative estimate of drug-likeness (QED) is 0.587. The highest BCUT2D eigenvalue weighted by molar-refractivity contribution is 8.03. The topological polar surface area (TPSA) is 0 Å². The summed E-state index contributed by atoms with van der Waals surface area (Å²) in [4.78, 5) is 2.26.